The average Bonchev–Trinajstić information content (AvgIpc) is 2.62. The van der Waals surface area contributed by atoms with Crippen molar-refractivity contribution in [3.05, 3.63) is 23.8 Å². The van der Waals surface area contributed by atoms with Gasteiger partial charge >= 0.3 is 0 Å². The van der Waals surface area contributed by atoms with Crippen molar-refractivity contribution in [1.29, 1.82) is 0 Å². The molecule has 0 aromatic heterocycles. The van der Waals surface area contributed by atoms with Crippen LogP contribution < -0.4 is 0 Å². The van der Waals surface area contributed by atoms with Gasteiger partial charge in [0.05, 0.1) is 0 Å². The third-order valence-electron chi connectivity index (χ3n) is 3.38. The highest BCUT2D eigenvalue weighted by Gasteiger charge is 2.38. The number of rotatable bonds is 2. The molecule has 0 radical (unpaired) electrons. The Bertz CT molecular complexity index is 298. The summed E-state index contributed by atoms with van der Waals surface area (Å²) in [5, 5.41) is 0. The molecular formula is C12H16O. The van der Waals surface area contributed by atoms with Crippen molar-refractivity contribution in [2.75, 3.05) is 0 Å². The molecule has 70 valence electrons. The maximum absolute atomic E-state index is 11.1. The molecule has 2 bridgehead atoms. The van der Waals surface area contributed by atoms with Gasteiger partial charge in [0.1, 0.15) is 0 Å². The van der Waals surface area contributed by atoms with E-state index in [4.69, 9.17) is 0 Å². The number of fused-ring (bicyclic) bond motifs is 2. The third kappa shape index (κ3) is 1.48. The third-order valence-corrected chi connectivity index (χ3v) is 3.38. The first kappa shape index (κ1) is 8.74. The van der Waals surface area contributed by atoms with Crippen molar-refractivity contribution in [2.24, 2.45) is 11.3 Å². The minimum atomic E-state index is 0.207. The zero-order chi connectivity index (χ0) is 9.47. The van der Waals surface area contributed by atoms with E-state index in [0.29, 0.717) is 0 Å². The van der Waals surface area contributed by atoms with Gasteiger partial charge in [-0.1, -0.05) is 18.2 Å². The van der Waals surface area contributed by atoms with Crippen LogP contribution in [0.3, 0.4) is 0 Å². The molecule has 13 heavy (non-hydrogen) atoms. The van der Waals surface area contributed by atoms with Gasteiger partial charge < -0.3 is 0 Å². The summed E-state index contributed by atoms with van der Waals surface area (Å²) in [6.07, 6.45) is 10.6. The Hall–Kier alpha value is -0.850. The van der Waals surface area contributed by atoms with Crippen molar-refractivity contribution < 1.29 is 4.79 Å². The second-order valence-corrected chi connectivity index (χ2v) is 4.48. The molecule has 0 N–H and O–H groups in total. The van der Waals surface area contributed by atoms with Gasteiger partial charge in [-0.2, -0.15) is 0 Å². The van der Waals surface area contributed by atoms with Gasteiger partial charge in [-0.05, 0) is 44.6 Å². The number of carbonyl (C=O) groups is 1. The number of Topliss-reactive ketones (excluding diaryl/α,β-unsaturated/α-hetero) is 1. The largest absolute Gasteiger partial charge is 0.295 e. The van der Waals surface area contributed by atoms with Crippen LogP contribution in [0.2, 0.25) is 0 Å². The van der Waals surface area contributed by atoms with Crippen LogP contribution in [0.1, 0.15) is 33.1 Å². The van der Waals surface area contributed by atoms with Crippen LogP contribution in [0.25, 0.3) is 0 Å². The average molecular weight is 176 g/mol. The standard InChI is InChI=1S/C12H16O/c1-9(10(2)13)7-12-5-3-11(8-12)4-6-12/h3,5,7,11H,4,6,8H2,1-2H3. The lowest BCUT2D eigenvalue weighted by molar-refractivity contribution is -0.113. The fourth-order valence-corrected chi connectivity index (χ4v) is 2.50. The minimum absolute atomic E-state index is 0.207. The lowest BCUT2D eigenvalue weighted by Crippen LogP contribution is -2.09. The SMILES string of the molecule is CC(=O)C(C)=CC12C=CC(CC1)C2. The Labute approximate surface area is 79.5 Å². The van der Waals surface area contributed by atoms with E-state index in [1.807, 2.05) is 6.92 Å². The van der Waals surface area contributed by atoms with E-state index >= 15 is 0 Å². The van der Waals surface area contributed by atoms with E-state index < -0.39 is 0 Å². The molecule has 1 heteroatoms. The fraction of sp³-hybridized carbons (Fsp3) is 0.583. The normalized spacial score (nSPS) is 37.1. The Morgan fingerprint density at radius 2 is 2.31 bits per heavy atom. The van der Waals surface area contributed by atoms with E-state index in [1.165, 1.54) is 19.3 Å². The first-order valence-electron chi connectivity index (χ1n) is 5.01. The molecule has 0 saturated heterocycles. The molecule has 0 aromatic carbocycles. The van der Waals surface area contributed by atoms with Crippen LogP contribution in [0, 0.1) is 11.3 Å². The number of hydrogen-bond acceptors (Lipinski definition) is 1. The molecule has 2 atom stereocenters. The Morgan fingerprint density at radius 3 is 2.69 bits per heavy atom. The maximum Gasteiger partial charge on any atom is 0.155 e. The van der Waals surface area contributed by atoms with Gasteiger partial charge in [-0.15, -0.1) is 0 Å². The van der Waals surface area contributed by atoms with Gasteiger partial charge in [0.15, 0.2) is 5.78 Å². The summed E-state index contributed by atoms with van der Waals surface area (Å²) in [7, 11) is 0. The van der Waals surface area contributed by atoms with Gasteiger partial charge in [-0.3, -0.25) is 4.79 Å². The number of ketones is 1. The van der Waals surface area contributed by atoms with E-state index in [9.17, 15) is 4.79 Å². The van der Waals surface area contributed by atoms with Crippen molar-refractivity contribution in [1.82, 2.24) is 0 Å². The summed E-state index contributed by atoms with van der Waals surface area (Å²) in [6.45, 7) is 3.57. The molecule has 0 spiro atoms. The predicted molar refractivity (Wildman–Crippen MR) is 53.4 cm³/mol. The fourth-order valence-electron chi connectivity index (χ4n) is 2.50. The van der Waals surface area contributed by atoms with E-state index in [2.05, 4.69) is 18.2 Å². The summed E-state index contributed by atoms with van der Waals surface area (Å²) in [5.74, 6) is 0.995. The molecule has 0 amide bonds. The van der Waals surface area contributed by atoms with Gasteiger partial charge in [0, 0.05) is 5.41 Å². The molecule has 1 saturated carbocycles. The van der Waals surface area contributed by atoms with Crippen LogP contribution in [0.15, 0.2) is 23.8 Å². The number of carbonyl (C=O) groups excluding carboxylic acids is 1. The lowest BCUT2D eigenvalue weighted by Gasteiger charge is -2.19. The molecule has 1 nitrogen and oxygen atoms in total. The molecular weight excluding hydrogens is 160 g/mol. The van der Waals surface area contributed by atoms with Gasteiger partial charge in [0.2, 0.25) is 0 Å². The van der Waals surface area contributed by atoms with Crippen LogP contribution >= 0.6 is 0 Å². The summed E-state index contributed by atoms with van der Waals surface area (Å²) in [4.78, 5) is 11.1. The topological polar surface area (TPSA) is 17.1 Å². The summed E-state index contributed by atoms with van der Waals surface area (Å²) in [6, 6.07) is 0. The van der Waals surface area contributed by atoms with Crippen molar-refractivity contribution in [3.8, 4) is 0 Å². The highest BCUT2D eigenvalue weighted by atomic mass is 16.1. The molecule has 2 unspecified atom stereocenters. The second-order valence-electron chi connectivity index (χ2n) is 4.48. The molecule has 2 rings (SSSR count). The van der Waals surface area contributed by atoms with Crippen molar-refractivity contribution in [2.45, 2.75) is 33.1 Å². The molecule has 1 fully saturated rings. The lowest BCUT2D eigenvalue weighted by atomic mass is 9.85. The van der Waals surface area contributed by atoms with Crippen LogP contribution in [0.4, 0.5) is 0 Å². The van der Waals surface area contributed by atoms with Crippen molar-refractivity contribution in [3.63, 3.8) is 0 Å². The summed E-state index contributed by atoms with van der Waals surface area (Å²) < 4.78 is 0. The van der Waals surface area contributed by atoms with Crippen LogP contribution in [-0.2, 0) is 4.79 Å². The second kappa shape index (κ2) is 2.83. The molecule has 0 aromatic rings. The number of allylic oxidation sites excluding steroid dienone is 4. The van der Waals surface area contributed by atoms with Gasteiger partial charge in [0.25, 0.3) is 0 Å². The number of hydrogen-bond donors (Lipinski definition) is 0. The van der Waals surface area contributed by atoms with Crippen molar-refractivity contribution >= 4 is 5.78 Å². The molecule has 0 aliphatic heterocycles. The highest BCUT2D eigenvalue weighted by Crippen LogP contribution is 2.50. The van der Waals surface area contributed by atoms with E-state index in [1.54, 1.807) is 6.92 Å². The molecule has 2 aliphatic carbocycles. The zero-order valence-corrected chi connectivity index (χ0v) is 8.34. The molecule has 0 heterocycles. The first-order chi connectivity index (χ1) is 6.11. The molecule has 2 aliphatic rings. The predicted octanol–water partition coefficient (Wildman–Crippen LogP) is 2.88. The minimum Gasteiger partial charge on any atom is -0.295 e. The maximum atomic E-state index is 11.1. The van der Waals surface area contributed by atoms with Crippen LogP contribution in [0.5, 0.6) is 0 Å². The highest BCUT2D eigenvalue weighted by molar-refractivity contribution is 5.92. The van der Waals surface area contributed by atoms with E-state index in [0.717, 1.165) is 11.5 Å². The van der Waals surface area contributed by atoms with Gasteiger partial charge in [-0.25, -0.2) is 0 Å². The van der Waals surface area contributed by atoms with E-state index in [-0.39, 0.29) is 11.2 Å². The smallest absolute Gasteiger partial charge is 0.155 e. The summed E-state index contributed by atoms with van der Waals surface area (Å²) >= 11 is 0. The quantitative estimate of drug-likeness (QED) is 0.467. The Kier molecular flexibility index (Phi) is 1.90. The zero-order valence-electron chi connectivity index (χ0n) is 8.34. The summed E-state index contributed by atoms with van der Waals surface area (Å²) in [5.41, 5.74) is 1.17. The Morgan fingerprint density at radius 1 is 1.54 bits per heavy atom. The van der Waals surface area contributed by atoms with Crippen LogP contribution in [-0.4, -0.2) is 5.78 Å². The Balaban J connectivity index is 2.22. The first-order valence-corrected chi connectivity index (χ1v) is 5.01. The monoisotopic (exact) mass is 176 g/mol.